The summed E-state index contributed by atoms with van der Waals surface area (Å²) in [5.41, 5.74) is 6.46. The minimum Gasteiger partial charge on any atom is -0.507 e. The van der Waals surface area contributed by atoms with Gasteiger partial charge in [0.05, 0.1) is 18.4 Å². The fourth-order valence-electron chi connectivity index (χ4n) is 1.70. The number of nitrogens with two attached hydrogens (primary N) is 1. The first-order valence-corrected chi connectivity index (χ1v) is 5.74. The number of phenols is 1. The van der Waals surface area contributed by atoms with Crippen LogP contribution in [0.5, 0.6) is 11.5 Å². The molecule has 0 aromatic heterocycles. The van der Waals surface area contributed by atoms with E-state index < -0.39 is 17.5 Å². The van der Waals surface area contributed by atoms with Crippen molar-refractivity contribution in [2.75, 3.05) is 18.2 Å². The second-order valence-corrected chi connectivity index (χ2v) is 4.08. The second kappa shape index (κ2) is 5.48. The van der Waals surface area contributed by atoms with Gasteiger partial charge in [0, 0.05) is 17.8 Å². The molecule has 0 radical (unpaired) electrons. The molecule has 20 heavy (non-hydrogen) atoms. The maximum atomic E-state index is 12.9. The Bertz CT molecular complexity index is 659. The number of anilines is 2. The molecule has 0 bridgehead atoms. The highest BCUT2D eigenvalue weighted by molar-refractivity contribution is 6.06. The van der Waals surface area contributed by atoms with Crippen LogP contribution in [0.1, 0.15) is 10.4 Å². The van der Waals surface area contributed by atoms with Crippen molar-refractivity contribution in [2.24, 2.45) is 0 Å². The molecule has 4 N–H and O–H groups in total. The Morgan fingerprint density at radius 1 is 1.30 bits per heavy atom. The van der Waals surface area contributed by atoms with Gasteiger partial charge in [0.2, 0.25) is 0 Å². The minimum absolute atomic E-state index is 0.0368. The van der Waals surface area contributed by atoms with E-state index >= 15 is 0 Å². The molecule has 0 unspecified atom stereocenters. The molecule has 0 spiro atoms. The minimum atomic E-state index is -0.621. The lowest BCUT2D eigenvalue weighted by molar-refractivity contribution is 0.102. The van der Waals surface area contributed by atoms with Crippen LogP contribution in [-0.2, 0) is 0 Å². The van der Waals surface area contributed by atoms with E-state index in [-0.39, 0.29) is 5.56 Å². The molecule has 0 saturated heterocycles. The standard InChI is InChI=1S/C14H13FN2O3/c1-20-13-7-9(16)3-5-11(13)17-14(19)10-4-2-8(15)6-12(10)18/h2-7,18H,16H2,1H3,(H,17,19). The molecule has 104 valence electrons. The molecule has 2 aromatic carbocycles. The molecular weight excluding hydrogens is 263 g/mol. The Kier molecular flexibility index (Phi) is 3.74. The van der Waals surface area contributed by atoms with Crippen LogP contribution in [0, 0.1) is 5.82 Å². The van der Waals surface area contributed by atoms with E-state index in [9.17, 15) is 14.3 Å². The van der Waals surface area contributed by atoms with E-state index in [0.29, 0.717) is 17.1 Å². The Hall–Kier alpha value is -2.76. The van der Waals surface area contributed by atoms with Crippen molar-refractivity contribution in [3.63, 3.8) is 0 Å². The number of aromatic hydroxyl groups is 1. The number of nitrogen functional groups attached to an aromatic ring is 1. The lowest BCUT2D eigenvalue weighted by atomic mass is 10.1. The molecule has 2 aromatic rings. The predicted octanol–water partition coefficient (Wildman–Crippen LogP) is 2.37. The van der Waals surface area contributed by atoms with E-state index in [1.54, 1.807) is 18.2 Å². The first-order chi connectivity index (χ1) is 9.51. The van der Waals surface area contributed by atoms with Gasteiger partial charge in [0.25, 0.3) is 5.91 Å². The van der Waals surface area contributed by atoms with Crippen molar-refractivity contribution in [3.8, 4) is 11.5 Å². The monoisotopic (exact) mass is 276 g/mol. The van der Waals surface area contributed by atoms with Gasteiger partial charge in [0.1, 0.15) is 17.3 Å². The summed E-state index contributed by atoms with van der Waals surface area (Å²) >= 11 is 0. The third kappa shape index (κ3) is 2.80. The molecule has 0 saturated carbocycles. The van der Waals surface area contributed by atoms with Crippen LogP contribution in [0.2, 0.25) is 0 Å². The van der Waals surface area contributed by atoms with Crippen molar-refractivity contribution in [3.05, 3.63) is 47.8 Å². The molecule has 6 heteroatoms. The van der Waals surface area contributed by atoms with Gasteiger partial charge in [0.15, 0.2) is 0 Å². The number of hydrogen-bond donors (Lipinski definition) is 3. The SMILES string of the molecule is COc1cc(N)ccc1NC(=O)c1ccc(F)cc1O. The highest BCUT2D eigenvalue weighted by Crippen LogP contribution is 2.28. The number of halogens is 1. The molecular formula is C14H13FN2O3. The number of benzene rings is 2. The van der Waals surface area contributed by atoms with Gasteiger partial charge in [-0.25, -0.2) is 4.39 Å². The number of methoxy groups -OCH3 is 1. The van der Waals surface area contributed by atoms with Crippen LogP contribution >= 0.6 is 0 Å². The summed E-state index contributed by atoms with van der Waals surface area (Å²) in [5, 5.41) is 12.1. The summed E-state index contributed by atoms with van der Waals surface area (Å²) in [6, 6.07) is 7.89. The second-order valence-electron chi connectivity index (χ2n) is 4.08. The van der Waals surface area contributed by atoms with Crippen molar-refractivity contribution < 1.29 is 19.0 Å². The van der Waals surface area contributed by atoms with E-state index in [4.69, 9.17) is 10.5 Å². The van der Waals surface area contributed by atoms with Crippen LogP contribution in [-0.4, -0.2) is 18.1 Å². The summed E-state index contributed by atoms with van der Waals surface area (Å²) in [6.07, 6.45) is 0. The summed E-state index contributed by atoms with van der Waals surface area (Å²) in [5.74, 6) is -1.24. The van der Waals surface area contributed by atoms with Crippen molar-refractivity contribution >= 4 is 17.3 Å². The molecule has 1 amide bonds. The highest BCUT2D eigenvalue weighted by Gasteiger charge is 2.14. The summed E-state index contributed by atoms with van der Waals surface area (Å²) < 4.78 is 18.0. The number of ether oxygens (including phenoxy) is 1. The van der Waals surface area contributed by atoms with E-state index in [1.807, 2.05) is 0 Å². The predicted molar refractivity (Wildman–Crippen MR) is 73.4 cm³/mol. The molecule has 0 aliphatic heterocycles. The van der Waals surface area contributed by atoms with E-state index in [2.05, 4.69) is 5.32 Å². The number of hydrogen-bond acceptors (Lipinski definition) is 4. The number of carbonyl (C=O) groups is 1. The van der Waals surface area contributed by atoms with Crippen LogP contribution in [0.15, 0.2) is 36.4 Å². The zero-order valence-electron chi connectivity index (χ0n) is 10.7. The largest absolute Gasteiger partial charge is 0.507 e. The van der Waals surface area contributed by atoms with Gasteiger partial charge >= 0.3 is 0 Å². The third-order valence-corrected chi connectivity index (χ3v) is 2.68. The maximum absolute atomic E-state index is 12.9. The quantitative estimate of drug-likeness (QED) is 0.751. The first-order valence-electron chi connectivity index (χ1n) is 5.74. The first kappa shape index (κ1) is 13.7. The van der Waals surface area contributed by atoms with E-state index in [0.717, 1.165) is 12.1 Å². The summed E-state index contributed by atoms with van der Waals surface area (Å²) in [4.78, 5) is 12.0. The van der Waals surface area contributed by atoms with Crippen LogP contribution < -0.4 is 15.8 Å². The fraction of sp³-hybridized carbons (Fsp3) is 0.0714. The van der Waals surface area contributed by atoms with E-state index in [1.165, 1.54) is 13.2 Å². The number of amides is 1. The summed E-state index contributed by atoms with van der Waals surface area (Å²) in [6.45, 7) is 0. The topological polar surface area (TPSA) is 84.6 Å². The lowest BCUT2D eigenvalue weighted by Gasteiger charge is -2.11. The normalized spacial score (nSPS) is 10.1. The highest BCUT2D eigenvalue weighted by atomic mass is 19.1. The van der Waals surface area contributed by atoms with Gasteiger partial charge in [-0.1, -0.05) is 0 Å². The van der Waals surface area contributed by atoms with Crippen molar-refractivity contribution in [2.45, 2.75) is 0 Å². The van der Waals surface area contributed by atoms with Crippen molar-refractivity contribution in [1.82, 2.24) is 0 Å². The van der Waals surface area contributed by atoms with Gasteiger partial charge in [-0.15, -0.1) is 0 Å². The van der Waals surface area contributed by atoms with Gasteiger partial charge in [-0.3, -0.25) is 4.79 Å². The van der Waals surface area contributed by atoms with Crippen LogP contribution in [0.25, 0.3) is 0 Å². The average Bonchev–Trinajstić information content (AvgIpc) is 2.40. The maximum Gasteiger partial charge on any atom is 0.259 e. The molecule has 0 atom stereocenters. The van der Waals surface area contributed by atoms with Gasteiger partial charge < -0.3 is 20.9 Å². The Morgan fingerprint density at radius 3 is 2.70 bits per heavy atom. The zero-order valence-corrected chi connectivity index (χ0v) is 10.7. The third-order valence-electron chi connectivity index (χ3n) is 2.68. The number of carbonyl (C=O) groups excluding carboxylic acids is 1. The van der Waals surface area contributed by atoms with Gasteiger partial charge in [-0.2, -0.15) is 0 Å². The molecule has 0 fully saturated rings. The van der Waals surface area contributed by atoms with Crippen molar-refractivity contribution in [1.29, 1.82) is 0 Å². The number of phenolic OH excluding ortho intramolecular Hbond substituents is 1. The molecule has 2 rings (SSSR count). The zero-order chi connectivity index (χ0) is 14.7. The molecule has 0 aliphatic rings. The molecule has 0 heterocycles. The van der Waals surface area contributed by atoms with Crippen LogP contribution in [0.4, 0.5) is 15.8 Å². The Morgan fingerprint density at radius 2 is 2.05 bits per heavy atom. The fourth-order valence-corrected chi connectivity index (χ4v) is 1.70. The molecule has 5 nitrogen and oxygen atoms in total. The lowest BCUT2D eigenvalue weighted by Crippen LogP contribution is -2.13. The smallest absolute Gasteiger partial charge is 0.259 e. The molecule has 0 aliphatic carbocycles. The van der Waals surface area contributed by atoms with Crippen LogP contribution in [0.3, 0.4) is 0 Å². The Balaban J connectivity index is 2.28. The summed E-state index contributed by atoms with van der Waals surface area (Å²) in [7, 11) is 1.44. The Labute approximate surface area is 114 Å². The van der Waals surface area contributed by atoms with Gasteiger partial charge in [-0.05, 0) is 24.3 Å². The average molecular weight is 276 g/mol. The number of rotatable bonds is 3. The number of nitrogens with one attached hydrogen (secondary N) is 1.